The molecule has 0 amide bonds. The second-order valence-electron chi connectivity index (χ2n) is 3.50. The maximum Gasteiger partial charge on any atom is 0.331 e. The van der Waals surface area contributed by atoms with E-state index in [1.54, 1.807) is 0 Å². The average molecular weight is 228 g/mol. The molecular formula is C10H12O6. The fourth-order valence-electron chi connectivity index (χ4n) is 0.911. The number of rotatable bonds is 6. The van der Waals surface area contributed by atoms with Crippen molar-refractivity contribution in [2.24, 2.45) is 0 Å². The number of epoxide rings is 2. The van der Waals surface area contributed by atoms with Crippen molar-refractivity contribution >= 4 is 11.9 Å². The lowest BCUT2D eigenvalue weighted by molar-refractivity contribution is -0.140. The smallest absolute Gasteiger partial charge is 0.331 e. The first-order valence-corrected chi connectivity index (χ1v) is 4.99. The minimum atomic E-state index is -0.574. The molecule has 0 aromatic carbocycles. The maximum absolute atomic E-state index is 11.0. The molecule has 0 radical (unpaired) electrons. The van der Waals surface area contributed by atoms with Gasteiger partial charge in [-0.25, -0.2) is 9.59 Å². The topological polar surface area (TPSA) is 77.7 Å². The molecule has 0 spiro atoms. The van der Waals surface area contributed by atoms with Crippen LogP contribution in [0.15, 0.2) is 12.2 Å². The van der Waals surface area contributed by atoms with Crippen LogP contribution in [0.4, 0.5) is 0 Å². The molecule has 2 aliphatic heterocycles. The van der Waals surface area contributed by atoms with Gasteiger partial charge in [0, 0.05) is 12.2 Å². The van der Waals surface area contributed by atoms with Gasteiger partial charge in [0.15, 0.2) is 0 Å². The molecule has 2 saturated heterocycles. The van der Waals surface area contributed by atoms with Gasteiger partial charge >= 0.3 is 11.9 Å². The zero-order valence-corrected chi connectivity index (χ0v) is 8.59. The molecule has 0 saturated carbocycles. The van der Waals surface area contributed by atoms with Gasteiger partial charge in [-0.2, -0.15) is 0 Å². The van der Waals surface area contributed by atoms with Crippen LogP contribution >= 0.6 is 0 Å². The highest BCUT2D eigenvalue weighted by Crippen LogP contribution is 2.09. The Morgan fingerprint density at radius 3 is 1.69 bits per heavy atom. The molecule has 0 aromatic rings. The predicted octanol–water partition coefficient (Wildman–Crippen LogP) is -0.573. The van der Waals surface area contributed by atoms with Crippen LogP contribution in [0, 0.1) is 0 Å². The van der Waals surface area contributed by atoms with E-state index >= 15 is 0 Å². The normalized spacial score (nSPS) is 26.5. The summed E-state index contributed by atoms with van der Waals surface area (Å²) >= 11 is 0. The van der Waals surface area contributed by atoms with Crippen LogP contribution in [0.3, 0.4) is 0 Å². The van der Waals surface area contributed by atoms with E-state index in [1.165, 1.54) is 0 Å². The Bertz CT molecular complexity index is 272. The van der Waals surface area contributed by atoms with Crippen molar-refractivity contribution in [1.82, 2.24) is 0 Å². The van der Waals surface area contributed by atoms with E-state index in [-0.39, 0.29) is 25.4 Å². The summed E-state index contributed by atoms with van der Waals surface area (Å²) in [5.41, 5.74) is 0. The van der Waals surface area contributed by atoms with Crippen LogP contribution in [0.1, 0.15) is 0 Å². The highest BCUT2D eigenvalue weighted by Gasteiger charge is 2.24. The summed E-state index contributed by atoms with van der Waals surface area (Å²) in [4.78, 5) is 22.1. The van der Waals surface area contributed by atoms with Crippen LogP contribution in [0.5, 0.6) is 0 Å². The number of carbonyl (C=O) groups is 2. The maximum atomic E-state index is 11.0. The summed E-state index contributed by atoms with van der Waals surface area (Å²) in [5, 5.41) is 0. The Labute approximate surface area is 92.1 Å². The molecule has 2 atom stereocenters. The Balaban J connectivity index is 1.57. The fourth-order valence-corrected chi connectivity index (χ4v) is 0.911. The Morgan fingerprint density at radius 2 is 1.38 bits per heavy atom. The Hall–Kier alpha value is -1.40. The van der Waals surface area contributed by atoms with E-state index < -0.39 is 11.9 Å². The van der Waals surface area contributed by atoms with Gasteiger partial charge in [0.1, 0.15) is 25.4 Å². The van der Waals surface area contributed by atoms with Crippen molar-refractivity contribution in [3.05, 3.63) is 12.2 Å². The summed E-state index contributed by atoms with van der Waals surface area (Å²) in [6, 6.07) is 0. The number of ether oxygens (including phenoxy) is 4. The molecule has 2 unspecified atom stereocenters. The highest BCUT2D eigenvalue weighted by molar-refractivity contribution is 5.91. The first-order valence-electron chi connectivity index (χ1n) is 4.99. The van der Waals surface area contributed by atoms with Crippen molar-refractivity contribution in [1.29, 1.82) is 0 Å². The van der Waals surface area contributed by atoms with Gasteiger partial charge in [0.2, 0.25) is 0 Å². The molecule has 0 aromatic heterocycles. The van der Waals surface area contributed by atoms with Crippen molar-refractivity contribution in [2.75, 3.05) is 26.4 Å². The van der Waals surface area contributed by atoms with E-state index in [9.17, 15) is 9.59 Å². The van der Waals surface area contributed by atoms with Gasteiger partial charge in [-0.3, -0.25) is 0 Å². The first-order chi connectivity index (χ1) is 7.74. The van der Waals surface area contributed by atoms with Gasteiger partial charge in [-0.1, -0.05) is 0 Å². The molecule has 16 heavy (non-hydrogen) atoms. The third-order valence-corrected chi connectivity index (χ3v) is 1.98. The minimum Gasteiger partial charge on any atom is -0.460 e. The Kier molecular flexibility index (Phi) is 3.53. The van der Waals surface area contributed by atoms with Gasteiger partial charge < -0.3 is 18.9 Å². The number of hydrogen-bond donors (Lipinski definition) is 0. The summed E-state index contributed by atoms with van der Waals surface area (Å²) < 4.78 is 19.2. The molecule has 0 N–H and O–H groups in total. The second kappa shape index (κ2) is 5.09. The minimum absolute atomic E-state index is 0.0244. The second-order valence-corrected chi connectivity index (χ2v) is 3.50. The van der Waals surface area contributed by atoms with E-state index in [0.717, 1.165) is 12.2 Å². The highest BCUT2D eigenvalue weighted by atomic mass is 16.6. The summed E-state index contributed by atoms with van der Waals surface area (Å²) in [6.45, 7) is 1.71. The lowest BCUT2D eigenvalue weighted by atomic mass is 10.4. The SMILES string of the molecule is O=C(/C=C/C(=O)OCC1CO1)OCC1CO1. The van der Waals surface area contributed by atoms with Gasteiger partial charge in [0.05, 0.1) is 13.2 Å². The van der Waals surface area contributed by atoms with E-state index in [1.807, 2.05) is 0 Å². The van der Waals surface area contributed by atoms with Gasteiger partial charge in [-0.05, 0) is 0 Å². The van der Waals surface area contributed by atoms with Gasteiger partial charge in [-0.15, -0.1) is 0 Å². The third kappa shape index (κ3) is 4.41. The number of hydrogen-bond acceptors (Lipinski definition) is 6. The summed E-state index contributed by atoms with van der Waals surface area (Å²) in [7, 11) is 0. The van der Waals surface area contributed by atoms with Crippen molar-refractivity contribution in [3.63, 3.8) is 0 Å². The zero-order chi connectivity index (χ0) is 11.4. The molecule has 2 heterocycles. The average Bonchev–Trinajstić information content (AvgIpc) is 3.15. The van der Waals surface area contributed by atoms with Crippen LogP contribution in [0.25, 0.3) is 0 Å². The monoisotopic (exact) mass is 228 g/mol. The zero-order valence-electron chi connectivity index (χ0n) is 8.59. The number of carbonyl (C=O) groups excluding carboxylic acids is 2. The van der Waals surface area contributed by atoms with Crippen LogP contribution in [0.2, 0.25) is 0 Å². The lowest BCUT2D eigenvalue weighted by Crippen LogP contribution is -2.10. The van der Waals surface area contributed by atoms with Crippen LogP contribution in [-0.4, -0.2) is 50.6 Å². The van der Waals surface area contributed by atoms with Crippen LogP contribution < -0.4 is 0 Å². The third-order valence-electron chi connectivity index (χ3n) is 1.98. The molecular weight excluding hydrogens is 216 g/mol. The lowest BCUT2D eigenvalue weighted by Gasteiger charge is -1.98. The van der Waals surface area contributed by atoms with Crippen molar-refractivity contribution < 1.29 is 28.5 Å². The molecule has 2 rings (SSSR count). The molecule has 0 aliphatic carbocycles. The predicted molar refractivity (Wildman–Crippen MR) is 50.5 cm³/mol. The Morgan fingerprint density at radius 1 is 1.00 bits per heavy atom. The van der Waals surface area contributed by atoms with E-state index in [0.29, 0.717) is 13.2 Å². The number of esters is 2. The summed E-state index contributed by atoms with van der Waals surface area (Å²) in [6.07, 6.45) is 2.13. The summed E-state index contributed by atoms with van der Waals surface area (Å²) in [5.74, 6) is -1.15. The molecule has 6 nitrogen and oxygen atoms in total. The van der Waals surface area contributed by atoms with Crippen molar-refractivity contribution in [2.45, 2.75) is 12.2 Å². The molecule has 0 bridgehead atoms. The molecule has 88 valence electrons. The first kappa shape index (κ1) is 11.1. The van der Waals surface area contributed by atoms with E-state index in [4.69, 9.17) is 18.9 Å². The van der Waals surface area contributed by atoms with Crippen LogP contribution in [-0.2, 0) is 28.5 Å². The quantitative estimate of drug-likeness (QED) is 0.344. The largest absolute Gasteiger partial charge is 0.460 e. The standard InChI is InChI=1S/C10H12O6/c11-9(15-5-7-3-13-7)1-2-10(12)16-6-8-4-14-8/h1-2,7-8H,3-6H2/b2-1+. The van der Waals surface area contributed by atoms with Crippen molar-refractivity contribution in [3.8, 4) is 0 Å². The molecule has 2 aliphatic rings. The van der Waals surface area contributed by atoms with E-state index in [2.05, 4.69) is 0 Å². The van der Waals surface area contributed by atoms with Gasteiger partial charge in [0.25, 0.3) is 0 Å². The molecule has 2 fully saturated rings. The molecule has 6 heteroatoms. The fraction of sp³-hybridized carbons (Fsp3) is 0.600.